The molecule has 1 aromatic rings. The number of nitrogens with one attached hydrogen (secondary N) is 1. The molecule has 0 saturated heterocycles. The Balaban J connectivity index is 2.50. The Kier molecular flexibility index (Phi) is 4.99. The molecule has 0 aliphatic carbocycles. The van der Waals surface area contributed by atoms with Crippen LogP contribution in [0.4, 0.5) is 0 Å². The molecule has 1 atom stereocenters. The van der Waals surface area contributed by atoms with Crippen molar-refractivity contribution in [1.82, 2.24) is 5.32 Å². The third kappa shape index (κ3) is 3.66. The molecule has 0 aliphatic rings. The second kappa shape index (κ2) is 6.28. The van der Waals surface area contributed by atoms with Crippen molar-refractivity contribution in [2.45, 2.75) is 26.8 Å². The number of esters is 1. The Hall–Kier alpha value is -1.35. The van der Waals surface area contributed by atoms with Crippen LogP contribution in [0.3, 0.4) is 0 Å². The van der Waals surface area contributed by atoms with Crippen LogP contribution in [0.1, 0.15) is 31.0 Å². The summed E-state index contributed by atoms with van der Waals surface area (Å²) in [5, 5.41) is 3.15. The topological polar surface area (TPSA) is 38.3 Å². The quantitative estimate of drug-likeness (QED) is 0.775. The van der Waals surface area contributed by atoms with E-state index in [0.717, 1.165) is 0 Å². The minimum Gasteiger partial charge on any atom is -0.465 e. The molecule has 0 amide bonds. The van der Waals surface area contributed by atoms with Crippen molar-refractivity contribution < 1.29 is 9.53 Å². The van der Waals surface area contributed by atoms with E-state index in [4.69, 9.17) is 4.74 Å². The molecule has 3 heteroatoms. The SMILES string of the molecule is CCOC(=O)CN[C@@H](C)c1ccccc1C. The number of hydrogen-bond donors (Lipinski definition) is 1. The van der Waals surface area contributed by atoms with Crippen molar-refractivity contribution in [3.63, 3.8) is 0 Å². The van der Waals surface area contributed by atoms with Gasteiger partial charge in [0.2, 0.25) is 0 Å². The summed E-state index contributed by atoms with van der Waals surface area (Å²) in [7, 11) is 0. The number of carbonyl (C=O) groups excluding carboxylic acids is 1. The largest absolute Gasteiger partial charge is 0.465 e. The first kappa shape index (κ1) is 12.7. The van der Waals surface area contributed by atoms with Gasteiger partial charge < -0.3 is 10.1 Å². The van der Waals surface area contributed by atoms with Crippen molar-refractivity contribution >= 4 is 5.97 Å². The van der Waals surface area contributed by atoms with Gasteiger partial charge in [-0.2, -0.15) is 0 Å². The second-order valence-corrected chi connectivity index (χ2v) is 3.76. The van der Waals surface area contributed by atoms with Gasteiger partial charge in [0.05, 0.1) is 13.2 Å². The van der Waals surface area contributed by atoms with Crippen molar-refractivity contribution in [2.24, 2.45) is 0 Å². The highest BCUT2D eigenvalue weighted by Gasteiger charge is 2.09. The van der Waals surface area contributed by atoms with Crippen LogP contribution in [0, 0.1) is 6.92 Å². The molecule has 1 aromatic carbocycles. The van der Waals surface area contributed by atoms with Crippen molar-refractivity contribution in [3.05, 3.63) is 35.4 Å². The Labute approximate surface area is 96.8 Å². The van der Waals surface area contributed by atoms with Gasteiger partial charge in [-0.3, -0.25) is 4.79 Å². The normalized spacial score (nSPS) is 12.2. The zero-order valence-electron chi connectivity index (χ0n) is 10.1. The number of hydrogen-bond acceptors (Lipinski definition) is 3. The lowest BCUT2D eigenvalue weighted by atomic mass is 10.0. The molecule has 0 heterocycles. The van der Waals surface area contributed by atoms with E-state index in [2.05, 4.69) is 24.4 Å². The molecule has 0 aromatic heterocycles. The van der Waals surface area contributed by atoms with E-state index in [1.165, 1.54) is 11.1 Å². The minimum atomic E-state index is -0.206. The fourth-order valence-corrected chi connectivity index (χ4v) is 1.63. The highest BCUT2D eigenvalue weighted by Crippen LogP contribution is 2.16. The third-order valence-corrected chi connectivity index (χ3v) is 2.51. The molecule has 0 saturated carbocycles. The first-order chi connectivity index (χ1) is 7.65. The smallest absolute Gasteiger partial charge is 0.319 e. The first-order valence-corrected chi connectivity index (χ1v) is 5.59. The fourth-order valence-electron chi connectivity index (χ4n) is 1.63. The van der Waals surface area contributed by atoms with E-state index < -0.39 is 0 Å². The third-order valence-electron chi connectivity index (χ3n) is 2.51. The highest BCUT2D eigenvalue weighted by molar-refractivity contribution is 5.71. The number of aryl methyl sites for hydroxylation is 1. The van der Waals surface area contributed by atoms with Crippen molar-refractivity contribution in [2.75, 3.05) is 13.2 Å². The van der Waals surface area contributed by atoms with E-state index in [-0.39, 0.29) is 18.6 Å². The Morgan fingerprint density at radius 3 is 2.75 bits per heavy atom. The van der Waals surface area contributed by atoms with Gasteiger partial charge in [0.25, 0.3) is 0 Å². The average molecular weight is 221 g/mol. The molecule has 3 nitrogen and oxygen atoms in total. The number of carbonyl (C=O) groups is 1. The summed E-state index contributed by atoms with van der Waals surface area (Å²) in [6.07, 6.45) is 0. The van der Waals surface area contributed by atoms with Crippen LogP contribution in [0.2, 0.25) is 0 Å². The predicted octanol–water partition coefficient (Wildman–Crippen LogP) is 2.21. The van der Waals surface area contributed by atoms with Gasteiger partial charge in [0, 0.05) is 6.04 Å². The lowest BCUT2D eigenvalue weighted by molar-refractivity contribution is -0.142. The van der Waals surface area contributed by atoms with Gasteiger partial charge in [0.1, 0.15) is 0 Å². The average Bonchev–Trinajstić information content (AvgIpc) is 2.27. The van der Waals surface area contributed by atoms with Crippen molar-refractivity contribution in [1.29, 1.82) is 0 Å². The maximum atomic E-state index is 11.2. The van der Waals surface area contributed by atoms with Gasteiger partial charge in [-0.05, 0) is 31.9 Å². The van der Waals surface area contributed by atoms with Crippen LogP contribution >= 0.6 is 0 Å². The molecule has 0 radical (unpaired) electrons. The molecule has 88 valence electrons. The number of rotatable bonds is 5. The number of ether oxygens (including phenoxy) is 1. The summed E-state index contributed by atoms with van der Waals surface area (Å²) in [6.45, 7) is 6.60. The van der Waals surface area contributed by atoms with Crippen LogP contribution in [0.5, 0.6) is 0 Å². The van der Waals surface area contributed by atoms with Crippen LogP contribution in [-0.2, 0) is 9.53 Å². The van der Waals surface area contributed by atoms with Crippen molar-refractivity contribution in [3.8, 4) is 0 Å². The molecule has 16 heavy (non-hydrogen) atoms. The predicted molar refractivity (Wildman–Crippen MR) is 64.2 cm³/mol. The monoisotopic (exact) mass is 221 g/mol. The highest BCUT2D eigenvalue weighted by atomic mass is 16.5. The molecule has 1 N–H and O–H groups in total. The second-order valence-electron chi connectivity index (χ2n) is 3.76. The minimum absolute atomic E-state index is 0.158. The van der Waals surface area contributed by atoms with Crippen LogP contribution in [-0.4, -0.2) is 19.1 Å². The van der Waals surface area contributed by atoms with Gasteiger partial charge in [0.15, 0.2) is 0 Å². The Bertz CT molecular complexity index is 350. The Morgan fingerprint density at radius 1 is 1.44 bits per heavy atom. The molecule has 0 fully saturated rings. The fraction of sp³-hybridized carbons (Fsp3) is 0.462. The first-order valence-electron chi connectivity index (χ1n) is 5.59. The Morgan fingerprint density at radius 2 is 2.12 bits per heavy atom. The summed E-state index contributed by atoms with van der Waals surface area (Å²) >= 11 is 0. The number of benzene rings is 1. The molecule has 0 unspecified atom stereocenters. The van der Waals surface area contributed by atoms with Gasteiger partial charge in [-0.15, -0.1) is 0 Å². The van der Waals surface area contributed by atoms with Gasteiger partial charge >= 0.3 is 5.97 Å². The summed E-state index contributed by atoms with van der Waals surface area (Å²) in [6, 6.07) is 8.31. The van der Waals surface area contributed by atoms with E-state index in [0.29, 0.717) is 6.61 Å². The lowest BCUT2D eigenvalue weighted by Crippen LogP contribution is -2.27. The standard InChI is InChI=1S/C13H19NO2/c1-4-16-13(15)9-14-11(3)12-8-6-5-7-10(12)2/h5-8,11,14H,4,9H2,1-3H3/t11-/m0/s1. The zero-order valence-corrected chi connectivity index (χ0v) is 10.1. The van der Waals surface area contributed by atoms with E-state index in [1.807, 2.05) is 26.0 Å². The molecular weight excluding hydrogens is 202 g/mol. The maximum absolute atomic E-state index is 11.2. The molecule has 0 spiro atoms. The maximum Gasteiger partial charge on any atom is 0.319 e. The lowest BCUT2D eigenvalue weighted by Gasteiger charge is -2.15. The van der Waals surface area contributed by atoms with Crippen LogP contribution in [0.25, 0.3) is 0 Å². The molecular formula is C13H19NO2. The zero-order chi connectivity index (χ0) is 12.0. The summed E-state index contributed by atoms with van der Waals surface area (Å²) in [5.41, 5.74) is 2.44. The van der Waals surface area contributed by atoms with Gasteiger partial charge in [-0.25, -0.2) is 0 Å². The summed E-state index contributed by atoms with van der Waals surface area (Å²) in [5.74, 6) is -0.206. The van der Waals surface area contributed by atoms with Crippen LogP contribution in [0.15, 0.2) is 24.3 Å². The summed E-state index contributed by atoms with van der Waals surface area (Å²) < 4.78 is 4.86. The van der Waals surface area contributed by atoms with Gasteiger partial charge in [-0.1, -0.05) is 24.3 Å². The summed E-state index contributed by atoms with van der Waals surface area (Å²) in [4.78, 5) is 11.2. The van der Waals surface area contributed by atoms with E-state index >= 15 is 0 Å². The van der Waals surface area contributed by atoms with Crippen LogP contribution < -0.4 is 5.32 Å². The molecule has 0 bridgehead atoms. The molecule has 1 rings (SSSR count). The molecule has 0 aliphatic heterocycles. The van der Waals surface area contributed by atoms with E-state index in [9.17, 15) is 4.79 Å². The van der Waals surface area contributed by atoms with E-state index in [1.54, 1.807) is 0 Å².